The van der Waals surface area contributed by atoms with Gasteiger partial charge >= 0.3 is 11.8 Å². The minimum Gasteiger partial charge on any atom is -0.463 e. The first-order valence-corrected chi connectivity index (χ1v) is 8.40. The molecule has 2 aliphatic heterocycles. The van der Waals surface area contributed by atoms with E-state index in [2.05, 4.69) is 0 Å². The van der Waals surface area contributed by atoms with E-state index in [0.717, 1.165) is 0 Å². The molecule has 2 aromatic rings. The van der Waals surface area contributed by atoms with Crippen molar-refractivity contribution in [3.05, 3.63) is 77.1 Å². The molecule has 0 saturated heterocycles. The van der Waals surface area contributed by atoms with Crippen LogP contribution in [0.4, 0.5) is 0 Å². The monoisotopic (exact) mass is 364 g/mol. The second-order valence-corrected chi connectivity index (χ2v) is 6.00. The molecule has 1 aromatic carbocycles. The third-order valence-corrected chi connectivity index (χ3v) is 4.50. The minimum atomic E-state index is -1.56. The van der Waals surface area contributed by atoms with E-state index < -0.39 is 17.7 Å². The second kappa shape index (κ2) is 6.25. The van der Waals surface area contributed by atoms with Crippen LogP contribution in [0.15, 0.2) is 70.2 Å². The van der Waals surface area contributed by atoms with Gasteiger partial charge in [-0.15, -0.1) is 0 Å². The quantitative estimate of drug-likeness (QED) is 0.831. The smallest absolute Gasteiger partial charge is 0.338 e. The Morgan fingerprint density at radius 1 is 1.26 bits per heavy atom. The Kier molecular flexibility index (Phi) is 3.89. The molecule has 136 valence electrons. The molecule has 27 heavy (non-hydrogen) atoms. The van der Waals surface area contributed by atoms with Crippen molar-refractivity contribution < 1.29 is 23.4 Å². The summed E-state index contributed by atoms with van der Waals surface area (Å²) in [5, 5.41) is 9.65. The number of nitrogens with two attached hydrogens (primary N) is 1. The lowest BCUT2D eigenvalue weighted by molar-refractivity contribution is -0.185. The summed E-state index contributed by atoms with van der Waals surface area (Å²) >= 11 is 0. The fourth-order valence-electron chi connectivity index (χ4n) is 3.42. The number of nitriles is 1. The van der Waals surface area contributed by atoms with Crippen molar-refractivity contribution in [2.45, 2.75) is 12.7 Å². The van der Waals surface area contributed by atoms with Crippen molar-refractivity contribution in [3.63, 3.8) is 0 Å². The predicted octanol–water partition coefficient (Wildman–Crippen LogP) is 2.78. The average Bonchev–Trinajstić information content (AvgIpc) is 3.36. The van der Waals surface area contributed by atoms with Crippen LogP contribution < -0.4 is 5.73 Å². The molecule has 1 aromatic heterocycles. The average molecular weight is 364 g/mol. The number of carbonyl (C=O) groups is 1. The number of rotatable bonds is 4. The summed E-state index contributed by atoms with van der Waals surface area (Å²) in [6.45, 7) is 1.88. The minimum absolute atomic E-state index is 0.0976. The molecular weight excluding hydrogens is 348 g/mol. The molecule has 0 spiro atoms. The first-order valence-electron chi connectivity index (χ1n) is 8.40. The van der Waals surface area contributed by atoms with Crippen molar-refractivity contribution in [1.82, 2.24) is 0 Å². The van der Waals surface area contributed by atoms with Gasteiger partial charge in [-0.2, -0.15) is 5.26 Å². The number of benzene rings is 1. The number of fused-ring (bicyclic) bond motifs is 1. The molecule has 0 bridgehead atoms. The molecule has 0 unspecified atom stereocenters. The summed E-state index contributed by atoms with van der Waals surface area (Å²) in [6, 6.07) is 14.4. The van der Waals surface area contributed by atoms with Crippen molar-refractivity contribution >= 4 is 11.7 Å². The van der Waals surface area contributed by atoms with Gasteiger partial charge in [0.1, 0.15) is 23.3 Å². The van der Waals surface area contributed by atoms with Gasteiger partial charge in [0.15, 0.2) is 5.76 Å². The van der Waals surface area contributed by atoms with Crippen LogP contribution in [0, 0.1) is 17.2 Å². The number of ether oxygens (including phenoxy) is 3. The molecule has 2 atom stereocenters. The molecule has 2 N–H and O–H groups in total. The summed E-state index contributed by atoms with van der Waals surface area (Å²) in [4.78, 5) is 12.8. The molecule has 0 saturated carbocycles. The maximum atomic E-state index is 12.8. The van der Waals surface area contributed by atoms with Crippen LogP contribution in [0.5, 0.6) is 0 Å². The molecule has 0 radical (unpaired) electrons. The Hall–Kier alpha value is -3.66. The summed E-state index contributed by atoms with van der Waals surface area (Å²) in [5.74, 6) is -2.59. The number of nitrogens with zero attached hydrogens (tertiary/aromatic N) is 1. The standard InChI is InChI=1S/C20H16N2O5/c1-2-24-19(23)15-16-13(11-21)18(22)27-20(16,14-9-6-10-25-14)26-17(15)12-7-4-3-5-8-12/h3-10,16H,2,22H2,1H3/t16-,20-/m0/s1. The van der Waals surface area contributed by atoms with Gasteiger partial charge < -0.3 is 24.4 Å². The highest BCUT2D eigenvalue weighted by Crippen LogP contribution is 2.57. The maximum Gasteiger partial charge on any atom is 0.338 e. The SMILES string of the molecule is CCOC(=O)C1=C(c2ccccc2)O[C@@]2(c3ccco3)OC(N)=C(C#N)[C@@H]12. The summed E-state index contributed by atoms with van der Waals surface area (Å²) in [7, 11) is 0. The fraction of sp³-hybridized carbons (Fsp3) is 0.200. The van der Waals surface area contributed by atoms with Gasteiger partial charge in [-0.25, -0.2) is 4.79 Å². The van der Waals surface area contributed by atoms with Crippen molar-refractivity contribution in [1.29, 1.82) is 5.26 Å². The van der Waals surface area contributed by atoms with E-state index in [-0.39, 0.29) is 29.4 Å². The predicted molar refractivity (Wildman–Crippen MR) is 92.9 cm³/mol. The Bertz CT molecular complexity index is 985. The number of furan rings is 1. The largest absolute Gasteiger partial charge is 0.463 e. The highest BCUT2D eigenvalue weighted by Gasteiger charge is 2.64. The van der Waals surface area contributed by atoms with Crippen molar-refractivity contribution in [2.75, 3.05) is 6.61 Å². The molecule has 7 nitrogen and oxygen atoms in total. The first-order chi connectivity index (χ1) is 13.1. The van der Waals surface area contributed by atoms with Gasteiger partial charge in [0.2, 0.25) is 5.88 Å². The molecule has 4 rings (SSSR count). The third-order valence-electron chi connectivity index (χ3n) is 4.50. The zero-order valence-electron chi connectivity index (χ0n) is 14.5. The van der Waals surface area contributed by atoms with Gasteiger partial charge in [0, 0.05) is 5.56 Å². The van der Waals surface area contributed by atoms with Crippen LogP contribution in [0.3, 0.4) is 0 Å². The van der Waals surface area contributed by atoms with E-state index in [1.807, 2.05) is 24.3 Å². The lowest BCUT2D eigenvalue weighted by Crippen LogP contribution is -2.34. The van der Waals surface area contributed by atoms with Gasteiger partial charge in [-0.1, -0.05) is 30.3 Å². The second-order valence-electron chi connectivity index (χ2n) is 6.00. The molecular formula is C20H16N2O5. The lowest BCUT2D eigenvalue weighted by atomic mass is 9.85. The summed E-state index contributed by atoms with van der Waals surface area (Å²) in [5.41, 5.74) is 6.86. The highest BCUT2D eigenvalue weighted by atomic mass is 16.7. The van der Waals surface area contributed by atoms with Gasteiger partial charge in [-0.05, 0) is 19.1 Å². The number of hydrogen-bond donors (Lipinski definition) is 1. The van der Waals surface area contributed by atoms with Gasteiger partial charge in [0.05, 0.1) is 18.4 Å². The van der Waals surface area contributed by atoms with Crippen LogP contribution in [-0.2, 0) is 24.8 Å². The first kappa shape index (κ1) is 16.8. The Morgan fingerprint density at radius 2 is 2.04 bits per heavy atom. The third kappa shape index (κ3) is 2.38. The van der Waals surface area contributed by atoms with Crippen molar-refractivity contribution in [2.24, 2.45) is 11.7 Å². The van der Waals surface area contributed by atoms with Crippen LogP contribution in [0.1, 0.15) is 18.2 Å². The summed E-state index contributed by atoms with van der Waals surface area (Å²) in [6.07, 6.45) is 1.46. The highest BCUT2D eigenvalue weighted by molar-refractivity contribution is 5.99. The van der Waals surface area contributed by atoms with Crippen molar-refractivity contribution in [3.8, 4) is 6.07 Å². The van der Waals surface area contributed by atoms with E-state index in [1.54, 1.807) is 31.2 Å². The number of carbonyl (C=O) groups excluding carboxylic acids is 1. The molecule has 0 fully saturated rings. The molecule has 0 amide bonds. The number of hydrogen-bond acceptors (Lipinski definition) is 7. The van der Waals surface area contributed by atoms with Crippen LogP contribution in [-0.4, -0.2) is 12.6 Å². The van der Waals surface area contributed by atoms with E-state index in [1.165, 1.54) is 6.26 Å². The maximum absolute atomic E-state index is 12.8. The van der Waals surface area contributed by atoms with E-state index >= 15 is 0 Å². The zero-order chi connectivity index (χ0) is 19.0. The topological polar surface area (TPSA) is 108 Å². The van der Waals surface area contributed by atoms with Gasteiger partial charge in [0.25, 0.3) is 0 Å². The Morgan fingerprint density at radius 3 is 2.67 bits per heavy atom. The molecule has 0 aliphatic carbocycles. The van der Waals surface area contributed by atoms with Gasteiger partial charge in [-0.3, -0.25) is 0 Å². The van der Waals surface area contributed by atoms with Crippen LogP contribution >= 0.6 is 0 Å². The Labute approximate surface area is 155 Å². The Balaban J connectivity index is 1.96. The normalized spacial score (nSPS) is 23.5. The van der Waals surface area contributed by atoms with E-state index in [4.69, 9.17) is 24.4 Å². The fourth-order valence-corrected chi connectivity index (χ4v) is 3.42. The summed E-state index contributed by atoms with van der Waals surface area (Å²) < 4.78 is 22.7. The molecule has 3 heterocycles. The zero-order valence-corrected chi connectivity index (χ0v) is 14.5. The van der Waals surface area contributed by atoms with Crippen LogP contribution in [0.2, 0.25) is 0 Å². The number of esters is 1. The molecule has 7 heteroatoms. The lowest BCUT2D eigenvalue weighted by Gasteiger charge is -2.27. The van der Waals surface area contributed by atoms with E-state index in [0.29, 0.717) is 11.3 Å². The van der Waals surface area contributed by atoms with Crippen LogP contribution in [0.25, 0.3) is 5.76 Å². The molecule has 2 aliphatic rings. The van der Waals surface area contributed by atoms with E-state index in [9.17, 15) is 10.1 Å².